The van der Waals surface area contributed by atoms with E-state index < -0.39 is 46.2 Å². The molecule has 0 fully saturated rings. The number of hydrogen-bond acceptors (Lipinski definition) is 7. The van der Waals surface area contributed by atoms with Crippen LogP contribution < -0.4 is 36.1 Å². The first-order chi connectivity index (χ1) is 18.5. The summed E-state index contributed by atoms with van der Waals surface area (Å²) >= 11 is 0. The van der Waals surface area contributed by atoms with Crippen LogP contribution in [0.25, 0.3) is 0 Å². The van der Waals surface area contributed by atoms with E-state index in [0.29, 0.717) is 17.1 Å². The van der Waals surface area contributed by atoms with Gasteiger partial charge >= 0.3 is 11.9 Å². The number of rotatable bonds is 8. The molecule has 2 amide bonds. The maximum Gasteiger partial charge on any atom is 0.425 e. The Morgan fingerprint density at radius 2 is 1.64 bits per heavy atom. The minimum Gasteiger partial charge on any atom is -0.496 e. The highest BCUT2D eigenvalue weighted by Gasteiger charge is 2.68. The number of benzene rings is 2. The smallest absolute Gasteiger partial charge is 0.425 e. The van der Waals surface area contributed by atoms with Crippen molar-refractivity contribution in [3.05, 3.63) is 80.0 Å². The average molecular weight is 548 g/mol. The number of nitrogens with one attached hydrogen (secondary N) is 3. The average Bonchev–Trinajstić information content (AvgIpc) is 3.21. The number of carbonyl (C=O) groups is 2. The second kappa shape index (κ2) is 10.2. The van der Waals surface area contributed by atoms with Gasteiger partial charge in [-0.1, -0.05) is 18.2 Å². The summed E-state index contributed by atoms with van der Waals surface area (Å²) in [7, 11) is 4.08. The number of para-hydroxylation sites is 1. The number of ether oxygens (including phenoxy) is 3. The van der Waals surface area contributed by atoms with E-state index in [2.05, 4.69) is 0 Å². The second-order valence-electron chi connectivity index (χ2n) is 8.43. The molecule has 0 bridgehead atoms. The van der Waals surface area contributed by atoms with Crippen LogP contribution in [-0.4, -0.2) is 48.9 Å². The predicted molar refractivity (Wildman–Crippen MR) is 131 cm³/mol. The SMILES string of the molecule is COc1ccc(CCn2c3c(c(=O)[nH]c2=O)C(NC(=O)c2ccccc2OC)(C(F)(F)F)C(=O)N3)cc1OC. The van der Waals surface area contributed by atoms with E-state index in [9.17, 15) is 32.3 Å². The minimum atomic E-state index is -5.47. The van der Waals surface area contributed by atoms with E-state index in [0.717, 1.165) is 4.57 Å². The van der Waals surface area contributed by atoms with Gasteiger partial charge in [0.1, 0.15) is 17.1 Å². The van der Waals surface area contributed by atoms with Crippen molar-refractivity contribution in [3.63, 3.8) is 0 Å². The van der Waals surface area contributed by atoms with Crippen LogP contribution in [0.3, 0.4) is 0 Å². The Kier molecular flexibility index (Phi) is 7.13. The summed E-state index contributed by atoms with van der Waals surface area (Å²) in [5.74, 6) is -2.97. The van der Waals surface area contributed by atoms with Crippen LogP contribution in [0.15, 0.2) is 52.1 Å². The number of aromatic amines is 1. The molecule has 4 rings (SSSR count). The van der Waals surface area contributed by atoms with E-state index in [1.54, 1.807) is 23.5 Å². The lowest BCUT2D eigenvalue weighted by molar-refractivity contribution is -0.196. The molecule has 3 N–H and O–H groups in total. The number of nitrogens with zero attached hydrogens (tertiary/aromatic N) is 1. The number of methoxy groups -OCH3 is 3. The molecule has 1 unspecified atom stereocenters. The van der Waals surface area contributed by atoms with Gasteiger partial charge in [0.15, 0.2) is 11.5 Å². The van der Waals surface area contributed by atoms with Crippen molar-refractivity contribution in [2.24, 2.45) is 0 Å². The van der Waals surface area contributed by atoms with Crippen LogP contribution in [0.5, 0.6) is 17.2 Å². The number of carbonyl (C=O) groups excluding carboxylic acids is 2. The summed E-state index contributed by atoms with van der Waals surface area (Å²) in [5, 5.41) is 3.70. The maximum atomic E-state index is 14.6. The quantitative estimate of drug-likeness (QED) is 0.391. The predicted octanol–water partition coefficient (Wildman–Crippen LogP) is 1.94. The molecule has 2 heterocycles. The fourth-order valence-electron chi connectivity index (χ4n) is 4.38. The maximum absolute atomic E-state index is 14.6. The van der Waals surface area contributed by atoms with Gasteiger partial charge in [-0.3, -0.25) is 23.9 Å². The van der Waals surface area contributed by atoms with Gasteiger partial charge in [0.25, 0.3) is 22.9 Å². The molecular weight excluding hydrogens is 525 g/mol. The number of aromatic nitrogens is 2. The Hall–Kier alpha value is -4.75. The Morgan fingerprint density at radius 3 is 2.28 bits per heavy atom. The molecule has 1 atom stereocenters. The number of halogens is 3. The molecule has 0 radical (unpaired) electrons. The van der Waals surface area contributed by atoms with E-state index in [4.69, 9.17) is 14.2 Å². The van der Waals surface area contributed by atoms with Gasteiger partial charge in [0.2, 0.25) is 0 Å². The number of alkyl halides is 3. The first kappa shape index (κ1) is 27.3. The molecular formula is C25H23F3N4O7. The lowest BCUT2D eigenvalue weighted by atomic mass is 9.91. The highest BCUT2D eigenvalue weighted by molar-refractivity contribution is 6.09. The lowest BCUT2D eigenvalue weighted by Crippen LogP contribution is -2.62. The number of anilines is 1. The third-order valence-corrected chi connectivity index (χ3v) is 6.30. The fraction of sp³-hybridized carbons (Fsp3) is 0.280. The number of hydrogen-bond donors (Lipinski definition) is 3. The normalized spacial score (nSPS) is 16.3. The molecule has 206 valence electrons. The van der Waals surface area contributed by atoms with Gasteiger partial charge in [-0.2, -0.15) is 13.2 Å². The number of amides is 2. The Bertz CT molecular complexity index is 1560. The van der Waals surface area contributed by atoms with Crippen LogP contribution >= 0.6 is 0 Å². The molecule has 14 heteroatoms. The molecule has 0 spiro atoms. The van der Waals surface area contributed by atoms with Crippen molar-refractivity contribution in [1.29, 1.82) is 0 Å². The van der Waals surface area contributed by atoms with E-state index in [1.165, 1.54) is 45.6 Å². The standard InChI is InChI=1S/C25H23F3N4O7/c1-37-15-7-5-4-6-14(15)20(33)31-24(25(26,27)28)18-19(29-22(24)35)32(23(36)30-21(18)34)11-10-13-8-9-16(38-2)17(12-13)39-3/h4-9,12H,10-11H2,1-3H3,(H,29,35)(H,31,33)(H,30,34,36). The van der Waals surface area contributed by atoms with Crippen LogP contribution in [-0.2, 0) is 23.3 Å². The van der Waals surface area contributed by atoms with Crippen molar-refractivity contribution in [1.82, 2.24) is 14.9 Å². The van der Waals surface area contributed by atoms with Crippen LogP contribution in [0, 0.1) is 0 Å². The van der Waals surface area contributed by atoms with Crippen molar-refractivity contribution in [2.45, 2.75) is 24.7 Å². The van der Waals surface area contributed by atoms with Gasteiger partial charge in [0, 0.05) is 6.54 Å². The summed E-state index contributed by atoms with van der Waals surface area (Å²) < 4.78 is 60.2. The number of fused-ring (bicyclic) bond motifs is 1. The van der Waals surface area contributed by atoms with Crippen molar-refractivity contribution in [2.75, 3.05) is 26.6 Å². The Labute approximate surface area is 218 Å². The van der Waals surface area contributed by atoms with E-state index in [1.807, 2.05) is 10.3 Å². The molecule has 0 saturated carbocycles. The van der Waals surface area contributed by atoms with Gasteiger partial charge in [0.05, 0.1) is 26.9 Å². The first-order valence-electron chi connectivity index (χ1n) is 11.4. The highest BCUT2D eigenvalue weighted by Crippen LogP contribution is 2.45. The zero-order chi connectivity index (χ0) is 28.5. The minimum absolute atomic E-state index is 0.0558. The van der Waals surface area contributed by atoms with E-state index in [-0.39, 0.29) is 24.3 Å². The van der Waals surface area contributed by atoms with Gasteiger partial charge in [-0.15, -0.1) is 0 Å². The summed E-state index contributed by atoms with van der Waals surface area (Å²) in [6.45, 7) is -0.234. The summed E-state index contributed by atoms with van der Waals surface area (Å²) in [5.41, 5.74) is -7.15. The van der Waals surface area contributed by atoms with E-state index >= 15 is 0 Å². The van der Waals surface area contributed by atoms with Gasteiger partial charge < -0.3 is 24.8 Å². The summed E-state index contributed by atoms with van der Waals surface area (Å²) in [4.78, 5) is 53.3. The third-order valence-electron chi connectivity index (χ3n) is 6.30. The zero-order valence-electron chi connectivity index (χ0n) is 20.9. The summed E-state index contributed by atoms with van der Waals surface area (Å²) in [6.07, 6.45) is -5.38. The number of aryl methyl sites for hydroxylation is 1. The Morgan fingerprint density at radius 1 is 0.974 bits per heavy atom. The second-order valence-corrected chi connectivity index (χ2v) is 8.43. The van der Waals surface area contributed by atoms with Crippen LogP contribution in [0.1, 0.15) is 21.5 Å². The topological polar surface area (TPSA) is 141 Å². The molecule has 11 nitrogen and oxygen atoms in total. The zero-order valence-corrected chi connectivity index (χ0v) is 20.9. The molecule has 1 aliphatic rings. The van der Waals surface area contributed by atoms with Gasteiger partial charge in [-0.25, -0.2) is 4.79 Å². The molecule has 0 aliphatic carbocycles. The summed E-state index contributed by atoms with van der Waals surface area (Å²) in [6, 6.07) is 10.3. The molecule has 3 aromatic rings. The lowest BCUT2D eigenvalue weighted by Gasteiger charge is -2.30. The molecule has 0 saturated heterocycles. The number of H-pyrrole nitrogens is 1. The van der Waals surface area contributed by atoms with Crippen molar-refractivity contribution < 1.29 is 37.0 Å². The van der Waals surface area contributed by atoms with Crippen molar-refractivity contribution >= 4 is 17.6 Å². The molecule has 2 aromatic carbocycles. The van der Waals surface area contributed by atoms with Crippen LogP contribution in [0.2, 0.25) is 0 Å². The largest absolute Gasteiger partial charge is 0.496 e. The Balaban J connectivity index is 1.80. The molecule has 1 aliphatic heterocycles. The van der Waals surface area contributed by atoms with Crippen molar-refractivity contribution in [3.8, 4) is 17.2 Å². The van der Waals surface area contributed by atoms with Crippen LogP contribution in [0.4, 0.5) is 19.0 Å². The molecule has 1 aromatic heterocycles. The molecule has 39 heavy (non-hydrogen) atoms. The monoisotopic (exact) mass is 548 g/mol. The fourth-order valence-corrected chi connectivity index (χ4v) is 4.38. The van der Waals surface area contributed by atoms with Gasteiger partial charge in [-0.05, 0) is 36.2 Å². The first-order valence-corrected chi connectivity index (χ1v) is 11.4. The highest BCUT2D eigenvalue weighted by atomic mass is 19.4. The third kappa shape index (κ3) is 4.57.